The van der Waals surface area contributed by atoms with E-state index >= 15 is 0 Å². The van der Waals surface area contributed by atoms with Gasteiger partial charge in [0.25, 0.3) is 5.56 Å². The van der Waals surface area contributed by atoms with E-state index in [0.717, 1.165) is 35.8 Å². The second-order valence-electron chi connectivity index (χ2n) is 11.1. The van der Waals surface area contributed by atoms with Crippen LogP contribution in [0, 0.1) is 18.3 Å². The summed E-state index contributed by atoms with van der Waals surface area (Å²) in [7, 11) is 2.07. The fourth-order valence-electron chi connectivity index (χ4n) is 6.21. The molecule has 2 aromatic heterocycles. The molecule has 220 valence electrons. The van der Waals surface area contributed by atoms with Gasteiger partial charge in [0, 0.05) is 31.1 Å². The zero-order chi connectivity index (χ0) is 30.1. The van der Waals surface area contributed by atoms with Crippen LogP contribution in [-0.2, 0) is 4.79 Å². The molecule has 4 aromatic rings. The van der Waals surface area contributed by atoms with Gasteiger partial charge in [0.1, 0.15) is 17.9 Å². The molecular formula is C32H34N8O3. The number of likely N-dealkylation sites (tertiary alicyclic amines) is 1. The molecule has 1 unspecified atom stereocenters. The van der Waals surface area contributed by atoms with E-state index in [0.29, 0.717) is 43.4 Å². The van der Waals surface area contributed by atoms with E-state index in [1.807, 2.05) is 47.4 Å². The summed E-state index contributed by atoms with van der Waals surface area (Å²) in [4.78, 5) is 47.0. The first kappa shape index (κ1) is 28.3. The SMILES string of the molecule is C=CC(=O)N1CCN(c2nc(OCC3CCCN3C)nc3c(=O)n(-c4cccc5ccccc45)c(C)nc23)C[C@@H]1CC#N. The van der Waals surface area contributed by atoms with Crippen LogP contribution in [0.3, 0.4) is 0 Å². The average Bonchev–Trinajstić information content (AvgIpc) is 3.44. The molecule has 11 nitrogen and oxygen atoms in total. The highest BCUT2D eigenvalue weighted by atomic mass is 16.5. The predicted octanol–water partition coefficient (Wildman–Crippen LogP) is 3.23. The number of hydrogen-bond acceptors (Lipinski definition) is 9. The number of rotatable bonds is 7. The van der Waals surface area contributed by atoms with Gasteiger partial charge in [0.2, 0.25) is 5.91 Å². The van der Waals surface area contributed by atoms with Crippen LogP contribution < -0.4 is 15.2 Å². The van der Waals surface area contributed by atoms with Crippen LogP contribution in [-0.4, -0.2) is 87.1 Å². The molecule has 4 heterocycles. The minimum absolute atomic E-state index is 0.108. The fourth-order valence-corrected chi connectivity index (χ4v) is 6.21. The van der Waals surface area contributed by atoms with Gasteiger partial charge < -0.3 is 19.4 Å². The summed E-state index contributed by atoms with van der Waals surface area (Å²) in [5, 5.41) is 11.4. The largest absolute Gasteiger partial charge is 0.462 e. The van der Waals surface area contributed by atoms with Crippen molar-refractivity contribution in [2.45, 2.75) is 38.3 Å². The molecule has 2 fully saturated rings. The Labute approximate surface area is 249 Å². The van der Waals surface area contributed by atoms with Gasteiger partial charge in [-0.2, -0.15) is 15.2 Å². The van der Waals surface area contributed by atoms with Gasteiger partial charge in [0.05, 0.1) is 24.2 Å². The third-order valence-corrected chi connectivity index (χ3v) is 8.50. The summed E-state index contributed by atoms with van der Waals surface area (Å²) < 4.78 is 7.75. The number of nitriles is 1. The molecule has 0 aliphatic carbocycles. The number of carbonyl (C=O) groups excluding carboxylic acids is 1. The van der Waals surface area contributed by atoms with Crippen LogP contribution in [0.1, 0.15) is 25.1 Å². The quantitative estimate of drug-likeness (QED) is 0.304. The topological polar surface area (TPSA) is 120 Å². The standard InChI is InChI=1S/C32H34N8O3/c1-4-27(41)39-18-17-38(19-23(39)14-15-33)30-28-29(35-32(36-30)43-20-24-11-8-16-37(24)3)31(42)40(21(2)34-28)26-13-7-10-22-9-5-6-12-25(22)26/h4-7,9-10,12-13,23-24H,1,8,11,14,16-20H2,2-3H3/t23-,24?/m0/s1. The van der Waals surface area contributed by atoms with Crippen molar-refractivity contribution in [3.8, 4) is 17.8 Å². The number of fused-ring (bicyclic) bond motifs is 2. The molecule has 2 aliphatic heterocycles. The first-order valence-electron chi connectivity index (χ1n) is 14.6. The van der Waals surface area contributed by atoms with Crippen molar-refractivity contribution < 1.29 is 9.53 Å². The van der Waals surface area contributed by atoms with Gasteiger partial charge in [-0.05, 0) is 50.9 Å². The van der Waals surface area contributed by atoms with Gasteiger partial charge in [-0.25, -0.2) is 4.98 Å². The van der Waals surface area contributed by atoms with Crippen LogP contribution in [0.15, 0.2) is 59.9 Å². The van der Waals surface area contributed by atoms with Crippen LogP contribution >= 0.6 is 0 Å². The Hall–Kier alpha value is -4.82. The number of piperazine rings is 1. The number of amides is 1. The maximum absolute atomic E-state index is 14.3. The van der Waals surface area contributed by atoms with E-state index in [1.54, 1.807) is 16.4 Å². The van der Waals surface area contributed by atoms with Crippen LogP contribution in [0.5, 0.6) is 6.01 Å². The summed E-state index contributed by atoms with van der Waals surface area (Å²) in [5.41, 5.74) is 0.915. The summed E-state index contributed by atoms with van der Waals surface area (Å²) >= 11 is 0. The number of aryl methyl sites for hydroxylation is 1. The van der Waals surface area contributed by atoms with E-state index in [4.69, 9.17) is 14.7 Å². The zero-order valence-corrected chi connectivity index (χ0v) is 24.4. The van der Waals surface area contributed by atoms with Gasteiger partial charge in [-0.3, -0.25) is 14.2 Å². The number of ether oxygens (including phenoxy) is 1. The predicted molar refractivity (Wildman–Crippen MR) is 164 cm³/mol. The van der Waals surface area contributed by atoms with Gasteiger partial charge in [-0.15, -0.1) is 0 Å². The Kier molecular flexibility index (Phi) is 7.78. The van der Waals surface area contributed by atoms with Crippen molar-refractivity contribution >= 4 is 33.5 Å². The Morgan fingerprint density at radius 3 is 2.67 bits per heavy atom. The lowest BCUT2D eigenvalue weighted by Gasteiger charge is -2.40. The van der Waals surface area contributed by atoms with E-state index in [-0.39, 0.29) is 41.5 Å². The Balaban J connectivity index is 1.48. The lowest BCUT2D eigenvalue weighted by atomic mass is 10.1. The molecule has 2 aromatic carbocycles. The van der Waals surface area contributed by atoms with Crippen molar-refractivity contribution in [2.24, 2.45) is 0 Å². The van der Waals surface area contributed by atoms with Gasteiger partial charge in [0.15, 0.2) is 11.3 Å². The Bertz CT molecular complexity index is 1810. The molecule has 1 amide bonds. The molecule has 0 N–H and O–H groups in total. The summed E-state index contributed by atoms with van der Waals surface area (Å²) in [6.45, 7) is 7.97. The highest BCUT2D eigenvalue weighted by Crippen LogP contribution is 2.29. The van der Waals surface area contributed by atoms with Crippen LogP contribution in [0.4, 0.5) is 5.82 Å². The number of nitrogens with zero attached hydrogens (tertiary/aromatic N) is 8. The van der Waals surface area contributed by atoms with Crippen molar-refractivity contribution in [3.05, 3.63) is 71.3 Å². The number of likely N-dealkylation sites (N-methyl/N-ethyl adjacent to an activating group) is 1. The molecule has 11 heteroatoms. The van der Waals surface area contributed by atoms with Crippen molar-refractivity contribution in [3.63, 3.8) is 0 Å². The first-order valence-corrected chi connectivity index (χ1v) is 14.6. The monoisotopic (exact) mass is 578 g/mol. The maximum atomic E-state index is 14.3. The van der Waals surface area contributed by atoms with Gasteiger partial charge >= 0.3 is 6.01 Å². The molecule has 2 aliphatic rings. The molecule has 2 saturated heterocycles. The molecular weight excluding hydrogens is 544 g/mol. The maximum Gasteiger partial charge on any atom is 0.319 e. The number of hydrogen-bond donors (Lipinski definition) is 0. The van der Waals surface area contributed by atoms with Crippen molar-refractivity contribution in [1.29, 1.82) is 5.26 Å². The van der Waals surface area contributed by atoms with Crippen molar-refractivity contribution in [1.82, 2.24) is 29.3 Å². The minimum Gasteiger partial charge on any atom is -0.462 e. The third-order valence-electron chi connectivity index (χ3n) is 8.50. The van der Waals surface area contributed by atoms with E-state index in [9.17, 15) is 14.9 Å². The summed E-state index contributed by atoms with van der Waals surface area (Å²) in [6.07, 6.45) is 3.53. The molecule has 0 saturated carbocycles. The number of benzene rings is 2. The summed E-state index contributed by atoms with van der Waals surface area (Å²) in [5.74, 6) is 0.733. The first-order chi connectivity index (χ1) is 20.9. The molecule has 0 radical (unpaired) electrons. The third kappa shape index (κ3) is 5.30. The lowest BCUT2D eigenvalue weighted by Crippen LogP contribution is -2.55. The van der Waals surface area contributed by atoms with Gasteiger partial charge in [-0.1, -0.05) is 43.0 Å². The highest BCUT2D eigenvalue weighted by molar-refractivity contribution is 5.91. The number of anilines is 1. The number of aromatic nitrogens is 4. The molecule has 6 rings (SSSR count). The average molecular weight is 579 g/mol. The fraction of sp³-hybridized carbons (Fsp3) is 0.375. The molecule has 0 spiro atoms. The Morgan fingerprint density at radius 2 is 1.91 bits per heavy atom. The molecule has 0 bridgehead atoms. The zero-order valence-electron chi connectivity index (χ0n) is 24.4. The summed E-state index contributed by atoms with van der Waals surface area (Å²) in [6, 6.07) is 15.9. The molecule has 2 atom stereocenters. The van der Waals surface area contributed by atoms with Crippen LogP contribution in [0.25, 0.3) is 27.5 Å². The highest BCUT2D eigenvalue weighted by Gasteiger charge is 2.32. The smallest absolute Gasteiger partial charge is 0.319 e. The van der Waals surface area contributed by atoms with E-state index in [2.05, 4.69) is 29.6 Å². The van der Waals surface area contributed by atoms with E-state index in [1.165, 1.54) is 6.08 Å². The number of carbonyl (C=O) groups is 1. The van der Waals surface area contributed by atoms with E-state index < -0.39 is 0 Å². The molecule has 43 heavy (non-hydrogen) atoms. The minimum atomic E-state index is -0.372. The second kappa shape index (κ2) is 11.8. The van der Waals surface area contributed by atoms with Crippen molar-refractivity contribution in [2.75, 3.05) is 44.7 Å². The lowest BCUT2D eigenvalue weighted by molar-refractivity contribution is -0.128. The second-order valence-corrected chi connectivity index (χ2v) is 11.1. The van der Waals surface area contributed by atoms with Crippen LogP contribution in [0.2, 0.25) is 0 Å². The Morgan fingerprint density at radius 1 is 1.09 bits per heavy atom. The normalized spacial score (nSPS) is 19.1.